The summed E-state index contributed by atoms with van der Waals surface area (Å²) in [5.41, 5.74) is 5.15. The molecule has 0 spiro atoms. The summed E-state index contributed by atoms with van der Waals surface area (Å²) in [6.07, 6.45) is -1.45. The average molecular weight is 484 g/mol. The van der Waals surface area contributed by atoms with E-state index >= 15 is 0 Å². The van der Waals surface area contributed by atoms with Crippen LogP contribution in [-0.2, 0) is 10.3 Å². The normalized spacial score (nSPS) is 24.9. The molecule has 0 saturated carbocycles. The monoisotopic (exact) mass is 483 g/mol. The maximum absolute atomic E-state index is 12.9. The fraction of sp³-hybridized carbons (Fsp3) is 0.500. The third-order valence-electron chi connectivity index (χ3n) is 5.22. The Kier molecular flexibility index (Phi) is 5.88. The van der Waals surface area contributed by atoms with Gasteiger partial charge >= 0.3 is 6.11 Å². The fourth-order valence-corrected chi connectivity index (χ4v) is 5.71. The number of thioether (sulfide) groups is 1. The highest BCUT2D eigenvalue weighted by molar-refractivity contribution is 8.13. The Morgan fingerprint density at radius 1 is 1.41 bits per heavy atom. The Bertz CT molecular complexity index is 1040. The number of hydrogen-bond donors (Lipinski definition) is 2. The van der Waals surface area contributed by atoms with Crippen molar-refractivity contribution in [2.75, 3.05) is 17.7 Å². The summed E-state index contributed by atoms with van der Waals surface area (Å²) >= 11 is 2.91. The number of nitrogens with one attached hydrogen (secondary N) is 1. The molecule has 1 fully saturated rings. The molecule has 2 aliphatic rings. The number of fused-ring (bicyclic) bond motifs is 1. The molecule has 4 rings (SSSR count). The molecule has 2 aromatic rings. The first kappa shape index (κ1) is 22.9. The number of anilines is 1. The fourth-order valence-electron chi connectivity index (χ4n) is 3.76. The number of carbonyl (C=O) groups excluding carboxylic acids is 1. The summed E-state index contributed by atoms with van der Waals surface area (Å²) in [4.78, 5) is 25.8. The molecule has 172 valence electrons. The Morgan fingerprint density at radius 2 is 2.19 bits per heavy atom. The van der Waals surface area contributed by atoms with Gasteiger partial charge in [0.05, 0.1) is 18.4 Å². The third-order valence-corrected chi connectivity index (χ3v) is 7.19. The van der Waals surface area contributed by atoms with Crippen molar-refractivity contribution in [3.63, 3.8) is 0 Å². The number of amides is 1. The molecule has 4 heterocycles. The summed E-state index contributed by atoms with van der Waals surface area (Å²) < 4.78 is 36.4. The van der Waals surface area contributed by atoms with Gasteiger partial charge in [-0.15, -0.1) is 11.3 Å². The lowest BCUT2D eigenvalue weighted by Crippen LogP contribution is -2.52. The Labute approximate surface area is 192 Å². The number of aliphatic imine (C=N–C) groups is 1. The molecule has 0 radical (unpaired) electrons. The largest absolute Gasteiger partial charge is 0.431 e. The van der Waals surface area contributed by atoms with Crippen LogP contribution in [0, 0.1) is 5.92 Å². The molecule has 1 saturated heterocycles. The van der Waals surface area contributed by atoms with Gasteiger partial charge in [0.1, 0.15) is 27.8 Å². The molecule has 1 amide bonds. The number of hydrogen-bond acceptors (Lipinski definition) is 9. The van der Waals surface area contributed by atoms with E-state index in [0.717, 1.165) is 23.4 Å². The number of nitrogens with zero attached hydrogens (tertiary/aromatic N) is 3. The minimum atomic E-state index is -3.33. The first-order valence-corrected chi connectivity index (χ1v) is 11.7. The number of thiazole rings is 1. The zero-order valence-electron chi connectivity index (χ0n) is 17.7. The molecule has 8 nitrogen and oxygen atoms in total. The van der Waals surface area contributed by atoms with Crippen LogP contribution in [0.2, 0.25) is 0 Å². The first-order valence-electron chi connectivity index (χ1n) is 9.88. The van der Waals surface area contributed by atoms with Crippen molar-refractivity contribution in [3.05, 3.63) is 34.4 Å². The molecule has 2 aliphatic heterocycles. The molecular weight excluding hydrogens is 460 g/mol. The molecule has 2 aromatic heterocycles. The van der Waals surface area contributed by atoms with Crippen molar-refractivity contribution in [1.29, 1.82) is 0 Å². The zero-order chi connectivity index (χ0) is 23.1. The van der Waals surface area contributed by atoms with E-state index in [-0.39, 0.29) is 23.0 Å². The van der Waals surface area contributed by atoms with Gasteiger partial charge in [0.15, 0.2) is 5.17 Å². The van der Waals surface area contributed by atoms with Crippen molar-refractivity contribution >= 4 is 40.0 Å². The Morgan fingerprint density at radius 3 is 2.88 bits per heavy atom. The summed E-state index contributed by atoms with van der Waals surface area (Å²) in [6.45, 7) is 5.10. The summed E-state index contributed by atoms with van der Waals surface area (Å²) in [6, 6.07) is 2.56. The first-order chi connectivity index (χ1) is 15.0. The smallest absolute Gasteiger partial charge is 0.394 e. The number of alkyl halides is 2. The highest BCUT2D eigenvalue weighted by Gasteiger charge is 2.52. The van der Waals surface area contributed by atoms with Gasteiger partial charge < -0.3 is 20.5 Å². The average Bonchev–Trinajstić information content (AvgIpc) is 3.16. The number of aromatic nitrogens is 2. The van der Waals surface area contributed by atoms with E-state index in [1.807, 2.05) is 0 Å². The molecule has 0 aliphatic carbocycles. The lowest BCUT2D eigenvalue weighted by molar-refractivity contribution is -0.159. The lowest BCUT2D eigenvalue weighted by Gasteiger charge is -2.47. The highest BCUT2D eigenvalue weighted by atomic mass is 32.2. The number of amidine groups is 1. The van der Waals surface area contributed by atoms with Crippen molar-refractivity contribution in [1.82, 2.24) is 9.97 Å². The van der Waals surface area contributed by atoms with Crippen LogP contribution < -0.4 is 15.8 Å². The molecule has 3 N–H and O–H groups in total. The van der Waals surface area contributed by atoms with E-state index in [1.54, 1.807) is 5.38 Å². The molecular formula is C20H23F2N5O3S2. The molecule has 12 heteroatoms. The van der Waals surface area contributed by atoms with Crippen LogP contribution in [0.4, 0.5) is 14.6 Å². The van der Waals surface area contributed by atoms with Gasteiger partial charge in [0.2, 0.25) is 0 Å². The van der Waals surface area contributed by atoms with E-state index in [9.17, 15) is 13.6 Å². The highest BCUT2D eigenvalue weighted by Crippen LogP contribution is 2.49. The van der Waals surface area contributed by atoms with Crippen LogP contribution in [0.25, 0.3) is 0 Å². The van der Waals surface area contributed by atoms with Gasteiger partial charge in [-0.05, 0) is 32.4 Å². The Balaban J connectivity index is 1.51. The second-order valence-electron chi connectivity index (χ2n) is 8.42. The van der Waals surface area contributed by atoms with Crippen LogP contribution >= 0.6 is 23.1 Å². The topological polar surface area (TPSA) is 112 Å². The van der Waals surface area contributed by atoms with Gasteiger partial charge in [-0.1, -0.05) is 11.8 Å². The van der Waals surface area contributed by atoms with Crippen molar-refractivity contribution < 1.29 is 23.0 Å². The van der Waals surface area contributed by atoms with E-state index in [2.05, 4.69) is 33.9 Å². The van der Waals surface area contributed by atoms with Crippen LogP contribution in [0.15, 0.2) is 28.7 Å². The number of ether oxygens (including phenoxy) is 2. The van der Waals surface area contributed by atoms with Crippen LogP contribution in [0.1, 0.15) is 42.7 Å². The van der Waals surface area contributed by atoms with E-state index in [4.69, 9.17) is 15.5 Å². The number of carbonyl (C=O) groups is 1. The van der Waals surface area contributed by atoms with Crippen molar-refractivity contribution in [2.45, 2.75) is 44.4 Å². The molecule has 32 heavy (non-hydrogen) atoms. The van der Waals surface area contributed by atoms with Crippen LogP contribution in [0.5, 0.6) is 5.75 Å². The Hall–Kier alpha value is -2.31. The van der Waals surface area contributed by atoms with Crippen molar-refractivity contribution in [3.8, 4) is 5.75 Å². The maximum atomic E-state index is 12.9. The number of pyridine rings is 1. The van der Waals surface area contributed by atoms with Gasteiger partial charge in [0.25, 0.3) is 5.91 Å². The molecule has 2 atom stereocenters. The van der Waals surface area contributed by atoms with E-state index < -0.39 is 17.6 Å². The number of nitrogens with two attached hydrogens (primary N) is 1. The number of halogens is 2. The summed E-state index contributed by atoms with van der Waals surface area (Å²) in [5, 5.41) is 5.63. The second kappa shape index (κ2) is 8.23. The SMILES string of the molecule is CC(F)(F)Oc1ccc(C(=O)Nc2csc([C@@]34COC(C)(C)C[C@@H]3CSC(N)=N4)n2)nc1. The van der Waals surface area contributed by atoms with Gasteiger partial charge in [0, 0.05) is 24.0 Å². The van der Waals surface area contributed by atoms with Gasteiger partial charge in [-0.2, -0.15) is 8.78 Å². The van der Waals surface area contributed by atoms with Crippen LogP contribution in [-0.4, -0.2) is 45.1 Å². The van der Waals surface area contributed by atoms with Crippen molar-refractivity contribution in [2.24, 2.45) is 16.6 Å². The van der Waals surface area contributed by atoms with Gasteiger partial charge in [-0.25, -0.2) is 15.0 Å². The third kappa shape index (κ3) is 4.86. The predicted molar refractivity (Wildman–Crippen MR) is 119 cm³/mol. The van der Waals surface area contributed by atoms with Crippen LogP contribution in [0.3, 0.4) is 0 Å². The summed E-state index contributed by atoms with van der Waals surface area (Å²) in [7, 11) is 0. The molecule has 0 aromatic carbocycles. The zero-order valence-corrected chi connectivity index (χ0v) is 19.4. The van der Waals surface area contributed by atoms with E-state index in [0.29, 0.717) is 24.5 Å². The minimum Gasteiger partial charge on any atom is -0.431 e. The number of rotatable bonds is 5. The second-order valence-corrected chi connectivity index (χ2v) is 10.3. The summed E-state index contributed by atoms with van der Waals surface area (Å²) in [5.74, 6) is 0.708. The molecule has 0 unspecified atom stereocenters. The maximum Gasteiger partial charge on any atom is 0.394 e. The molecule has 0 bridgehead atoms. The quantitative estimate of drug-likeness (QED) is 0.664. The minimum absolute atomic E-state index is 0.0430. The lowest BCUT2D eigenvalue weighted by atomic mass is 9.77. The van der Waals surface area contributed by atoms with Gasteiger partial charge in [-0.3, -0.25) is 4.79 Å². The predicted octanol–water partition coefficient (Wildman–Crippen LogP) is 3.85. The standard InChI is InChI=1S/C20H23F2N5O3S2/c1-18(2)6-11-8-32-17(23)27-20(11,10-29-18)16-26-14(9-31-16)25-15(28)13-5-4-12(7-24-13)30-19(3,21)22/h4-5,7,9,11H,6,8,10H2,1-3H3,(H2,23,27)(H,25,28)/t11-,20-/m1/s1. The van der Waals surface area contributed by atoms with E-state index in [1.165, 1.54) is 35.2 Å².